The highest BCUT2D eigenvalue weighted by molar-refractivity contribution is 6.01. The second-order valence-electron chi connectivity index (χ2n) is 32.1. The van der Waals surface area contributed by atoms with E-state index in [1.807, 2.05) is 104 Å². The highest BCUT2D eigenvalue weighted by atomic mass is 16.5. The Balaban J connectivity index is 0.000000148. The Morgan fingerprint density at radius 2 is 0.696 bits per heavy atom. The number of piperazine rings is 2. The Morgan fingerprint density at radius 1 is 0.348 bits per heavy atom. The molecule has 6 aromatic rings. The molecule has 112 heavy (non-hydrogen) atoms. The monoisotopic (exact) mass is 1530 g/mol. The number of nitrogens with zero attached hydrogens (tertiary/aromatic N) is 10. The number of rotatable bonds is 34. The van der Waals surface area contributed by atoms with E-state index < -0.39 is 0 Å². The standard InChI is InChI=1S/C26H35N3O2.C25H33N3O2.C22H34N2O2.C20H28N2O3/c1-22-7-5-14-28(22)15-6-20-31-25-12-10-23(11-13-25)26(30)21-27-16-18-29(19-17-27)24-8-3-2-4-9-24;29-25(21-27-16-18-28(19-17-27)23-7-2-1-3-8-23)22-9-11-24(12-10-22)30-20-6-15-26-13-4-5-14-26;1-18-8-6-15-23(18)16-7-17-26-21-11-9-20(10-12-21)22(25)19(2)24-13-4-3-5-14-24;1-16-5-2-11-21(16)13-4-14-25-18-9-7-17(8-10-18)19(23)15-22-12-3-6-20(22)24/h2-4,8-13,22H,5-7,14-21H2,1H3;1-3,7-12H,4-6,13-21H2;9-12,18-19H,3-8,13-17H2,1-2H3;7-10,16H,2-6,11-15H2,1H3/t;;18-,19?;16-/m..01/s1. The second-order valence-corrected chi connectivity index (χ2v) is 32.1. The van der Waals surface area contributed by atoms with Gasteiger partial charge in [0.05, 0.1) is 52.1 Å². The fraction of sp³-hybridized carbons (Fsp3) is 0.559. The van der Waals surface area contributed by atoms with Crippen LogP contribution in [0.5, 0.6) is 23.0 Å². The molecule has 19 nitrogen and oxygen atoms in total. The van der Waals surface area contributed by atoms with Gasteiger partial charge in [-0.25, -0.2) is 0 Å². The number of likely N-dealkylation sites (tertiary alicyclic amines) is 6. The van der Waals surface area contributed by atoms with Gasteiger partial charge >= 0.3 is 0 Å². The van der Waals surface area contributed by atoms with E-state index in [1.165, 1.54) is 115 Å². The fourth-order valence-corrected chi connectivity index (χ4v) is 16.8. The van der Waals surface area contributed by atoms with E-state index in [9.17, 15) is 24.0 Å². The van der Waals surface area contributed by atoms with Crippen molar-refractivity contribution in [2.75, 3.05) is 187 Å². The van der Waals surface area contributed by atoms with Gasteiger partial charge in [-0.15, -0.1) is 0 Å². The van der Waals surface area contributed by atoms with E-state index in [0.29, 0.717) is 50.3 Å². The first-order valence-corrected chi connectivity index (χ1v) is 42.8. The van der Waals surface area contributed by atoms with Crippen molar-refractivity contribution in [3.63, 3.8) is 0 Å². The zero-order chi connectivity index (χ0) is 78.1. The zero-order valence-electron chi connectivity index (χ0n) is 68.1. The lowest BCUT2D eigenvalue weighted by Gasteiger charge is -2.35. The molecule has 0 bridgehead atoms. The molecule has 8 fully saturated rings. The Bertz CT molecular complexity index is 3730. The van der Waals surface area contributed by atoms with Gasteiger partial charge in [0.15, 0.2) is 23.1 Å². The molecule has 2 unspecified atom stereocenters. The van der Waals surface area contributed by atoms with Crippen LogP contribution in [0, 0.1) is 0 Å². The minimum Gasteiger partial charge on any atom is -0.494 e. The van der Waals surface area contributed by atoms with Crippen molar-refractivity contribution in [3.05, 3.63) is 180 Å². The summed E-state index contributed by atoms with van der Waals surface area (Å²) >= 11 is 0. The number of ketones is 4. The number of anilines is 2. The van der Waals surface area contributed by atoms with Crippen LogP contribution in [0.3, 0.4) is 0 Å². The number of carbonyl (C=O) groups excluding carboxylic acids is 5. The van der Waals surface area contributed by atoms with Gasteiger partial charge < -0.3 is 53.2 Å². The summed E-state index contributed by atoms with van der Waals surface area (Å²) in [5, 5.41) is 0. The number of ether oxygens (including phenoxy) is 4. The molecule has 8 heterocycles. The molecule has 0 aliphatic carbocycles. The molecule has 6 aromatic carbocycles. The first-order valence-electron chi connectivity index (χ1n) is 42.8. The number of hydrogen-bond acceptors (Lipinski definition) is 18. The van der Waals surface area contributed by atoms with Crippen LogP contribution in [0.1, 0.15) is 178 Å². The molecule has 0 spiro atoms. The summed E-state index contributed by atoms with van der Waals surface area (Å²) in [6.07, 6.45) is 19.9. The predicted octanol–water partition coefficient (Wildman–Crippen LogP) is 14.2. The topological polar surface area (TPSA) is 155 Å². The number of Topliss-reactive ketones (excluding diaryl/α,β-unsaturated/α-hetero) is 4. The SMILES string of the molecule is CC(C(=O)c1ccc(OCCCN2CCC[C@@H]2C)cc1)N1CCCCC1.CC1CCCN1CCCOc1ccc(C(=O)CN2CCN(c3ccccc3)CC2)cc1.C[C@@H]1CCCN1CCCOc1ccc(C(=O)CN2CCCC2=O)cc1.O=C(CN1CCN(c2ccccc2)CC1)c1ccc(OCCCN2CCCC2)cc1. The van der Waals surface area contributed by atoms with Crippen LogP contribution in [0.4, 0.5) is 11.4 Å². The van der Waals surface area contributed by atoms with Crippen molar-refractivity contribution in [2.24, 2.45) is 0 Å². The quantitative estimate of drug-likeness (QED) is 0.0278. The van der Waals surface area contributed by atoms with Crippen molar-refractivity contribution in [3.8, 4) is 23.0 Å². The molecule has 19 heteroatoms. The maximum Gasteiger partial charge on any atom is 0.223 e. The largest absolute Gasteiger partial charge is 0.494 e. The Labute approximate surface area is 669 Å². The number of para-hydroxylation sites is 2. The third-order valence-electron chi connectivity index (χ3n) is 23.9. The van der Waals surface area contributed by atoms with Gasteiger partial charge in [0.2, 0.25) is 5.91 Å². The molecule has 0 saturated carbocycles. The summed E-state index contributed by atoms with van der Waals surface area (Å²) in [4.78, 5) is 85.3. The fourth-order valence-electron chi connectivity index (χ4n) is 16.8. The third-order valence-corrected chi connectivity index (χ3v) is 23.9. The van der Waals surface area contributed by atoms with Gasteiger partial charge in [0.1, 0.15) is 23.0 Å². The Morgan fingerprint density at radius 3 is 1.04 bits per heavy atom. The van der Waals surface area contributed by atoms with Crippen LogP contribution in [-0.4, -0.2) is 269 Å². The lowest BCUT2D eigenvalue weighted by molar-refractivity contribution is -0.127. The smallest absolute Gasteiger partial charge is 0.223 e. The van der Waals surface area contributed by atoms with Gasteiger partial charge in [0.25, 0.3) is 0 Å². The first-order chi connectivity index (χ1) is 54.7. The highest BCUT2D eigenvalue weighted by Gasteiger charge is 2.28. The average Bonchev–Trinajstić information content (AvgIpc) is 1.24. The molecule has 1 amide bonds. The molecule has 0 radical (unpaired) electrons. The van der Waals surface area contributed by atoms with E-state index in [4.69, 9.17) is 18.9 Å². The van der Waals surface area contributed by atoms with Crippen molar-refractivity contribution in [1.29, 1.82) is 0 Å². The molecular weight excluding hydrogens is 1400 g/mol. The number of benzene rings is 6. The van der Waals surface area contributed by atoms with E-state index in [1.54, 1.807) is 17.0 Å². The summed E-state index contributed by atoms with van der Waals surface area (Å²) in [5.74, 6) is 4.02. The highest BCUT2D eigenvalue weighted by Crippen LogP contribution is 2.26. The normalized spacial score (nSPS) is 20.4. The van der Waals surface area contributed by atoms with Crippen LogP contribution in [0.15, 0.2) is 158 Å². The minimum absolute atomic E-state index is 0.00942. The molecule has 606 valence electrons. The Kier molecular flexibility index (Phi) is 34.7. The molecule has 8 saturated heterocycles. The first kappa shape index (κ1) is 84.9. The molecule has 14 rings (SSSR count). The van der Waals surface area contributed by atoms with Crippen LogP contribution in [-0.2, 0) is 4.79 Å². The number of carbonyl (C=O) groups is 5. The maximum absolute atomic E-state index is 12.7. The molecular formula is C93H130N10O9. The van der Waals surface area contributed by atoms with Gasteiger partial charge in [-0.1, -0.05) is 42.8 Å². The predicted molar refractivity (Wildman–Crippen MR) is 451 cm³/mol. The second kappa shape index (κ2) is 45.8. The van der Waals surface area contributed by atoms with Crippen molar-refractivity contribution in [2.45, 2.75) is 161 Å². The molecule has 0 aromatic heterocycles. The molecule has 8 aliphatic rings. The summed E-state index contributed by atoms with van der Waals surface area (Å²) < 4.78 is 23.4. The van der Waals surface area contributed by atoms with Crippen molar-refractivity contribution < 1.29 is 42.9 Å². The van der Waals surface area contributed by atoms with E-state index in [2.05, 4.69) is 113 Å². The van der Waals surface area contributed by atoms with Crippen LogP contribution in [0.25, 0.3) is 0 Å². The van der Waals surface area contributed by atoms with E-state index in [-0.39, 0.29) is 41.6 Å². The van der Waals surface area contributed by atoms with Crippen LogP contribution in [0.2, 0.25) is 0 Å². The Hall–Kier alpha value is -8.01. The molecule has 0 N–H and O–H groups in total. The summed E-state index contributed by atoms with van der Waals surface area (Å²) in [6, 6.07) is 53.4. The zero-order valence-corrected chi connectivity index (χ0v) is 68.1. The summed E-state index contributed by atoms with van der Waals surface area (Å²) in [7, 11) is 0. The molecule has 4 atom stereocenters. The van der Waals surface area contributed by atoms with E-state index >= 15 is 0 Å². The van der Waals surface area contributed by atoms with E-state index in [0.717, 1.165) is 189 Å². The summed E-state index contributed by atoms with van der Waals surface area (Å²) in [5.41, 5.74) is 5.49. The van der Waals surface area contributed by atoms with Gasteiger partial charge in [-0.3, -0.25) is 38.7 Å². The summed E-state index contributed by atoms with van der Waals surface area (Å²) in [6.45, 7) is 33.8. The van der Waals surface area contributed by atoms with Crippen molar-refractivity contribution in [1.82, 2.24) is 39.2 Å². The van der Waals surface area contributed by atoms with Crippen molar-refractivity contribution >= 4 is 40.4 Å². The minimum atomic E-state index is -0.0236. The van der Waals surface area contributed by atoms with Crippen LogP contribution < -0.4 is 28.7 Å². The third kappa shape index (κ3) is 27.4. The lowest BCUT2D eigenvalue weighted by Crippen LogP contribution is -2.48. The maximum atomic E-state index is 12.7. The van der Waals surface area contributed by atoms with Crippen LogP contribution >= 0.6 is 0 Å². The number of amides is 1. The number of piperidine rings is 1. The van der Waals surface area contributed by atoms with Gasteiger partial charge in [-0.2, -0.15) is 0 Å². The lowest BCUT2D eigenvalue weighted by atomic mass is 10.0. The number of hydrogen-bond donors (Lipinski definition) is 0. The average molecular weight is 1530 g/mol. The van der Waals surface area contributed by atoms with Gasteiger partial charge in [-0.05, 0) is 291 Å². The van der Waals surface area contributed by atoms with Gasteiger partial charge in [0, 0.05) is 143 Å². The molecule has 8 aliphatic heterocycles.